The van der Waals surface area contributed by atoms with E-state index in [9.17, 15) is 39.9 Å². The fraction of sp³-hybridized carbons (Fsp3) is 0.206. The third-order valence-electron chi connectivity index (χ3n) is 7.55. The summed E-state index contributed by atoms with van der Waals surface area (Å²) >= 11 is 0. The van der Waals surface area contributed by atoms with Crippen molar-refractivity contribution in [2.24, 2.45) is 0 Å². The quantitative estimate of drug-likeness (QED) is 0.160. The summed E-state index contributed by atoms with van der Waals surface area (Å²) in [6, 6.07) is 16.8. The van der Waals surface area contributed by atoms with Gasteiger partial charge in [0.25, 0.3) is 0 Å². The SMILES string of the molecule is CCOC(=O)C1=C(Nc2ccc(F)cc2)CC(c2ccc(C(F)(F)F)cc2)N(c2ccc(F)cc2)C1c1ccc(C(F)(F)F)cc1. The largest absolute Gasteiger partial charge is 0.463 e. The number of nitrogens with one attached hydrogen (secondary N) is 1. The summed E-state index contributed by atoms with van der Waals surface area (Å²) in [5.74, 6) is -1.92. The lowest BCUT2D eigenvalue weighted by atomic mass is 9.83. The predicted molar refractivity (Wildman–Crippen MR) is 156 cm³/mol. The monoisotopic (exact) mass is 646 g/mol. The van der Waals surface area contributed by atoms with Gasteiger partial charge in [0.2, 0.25) is 0 Å². The number of benzene rings is 4. The van der Waals surface area contributed by atoms with Crippen LogP contribution in [0.4, 0.5) is 46.5 Å². The first kappa shape index (κ1) is 32.5. The molecule has 240 valence electrons. The zero-order valence-corrected chi connectivity index (χ0v) is 24.1. The van der Waals surface area contributed by atoms with E-state index in [1.165, 1.54) is 60.7 Å². The number of hydrogen-bond donors (Lipinski definition) is 1. The molecule has 1 aliphatic rings. The molecule has 2 atom stereocenters. The minimum atomic E-state index is -4.65. The summed E-state index contributed by atoms with van der Waals surface area (Å²) in [6.07, 6.45) is -9.30. The molecule has 46 heavy (non-hydrogen) atoms. The Hall–Kier alpha value is -4.87. The van der Waals surface area contributed by atoms with E-state index in [0.717, 1.165) is 36.4 Å². The van der Waals surface area contributed by atoms with Crippen LogP contribution in [0.3, 0.4) is 0 Å². The fourth-order valence-electron chi connectivity index (χ4n) is 5.45. The molecule has 0 bridgehead atoms. The molecule has 0 fully saturated rings. The first-order valence-corrected chi connectivity index (χ1v) is 14.1. The molecule has 1 heterocycles. The third kappa shape index (κ3) is 7.00. The minimum absolute atomic E-state index is 0.00146. The van der Waals surface area contributed by atoms with Gasteiger partial charge in [0, 0.05) is 23.5 Å². The number of carbonyl (C=O) groups is 1. The van der Waals surface area contributed by atoms with Crippen LogP contribution in [0.15, 0.2) is 108 Å². The Morgan fingerprint density at radius 3 is 1.70 bits per heavy atom. The Bertz CT molecular complexity index is 1700. The van der Waals surface area contributed by atoms with Crippen molar-refractivity contribution >= 4 is 17.3 Å². The van der Waals surface area contributed by atoms with E-state index in [4.69, 9.17) is 4.74 Å². The molecule has 2 unspecified atom stereocenters. The molecular weight excluding hydrogens is 620 g/mol. The highest BCUT2D eigenvalue weighted by atomic mass is 19.4. The smallest absolute Gasteiger partial charge is 0.416 e. The van der Waals surface area contributed by atoms with Crippen molar-refractivity contribution in [2.75, 3.05) is 16.8 Å². The zero-order valence-electron chi connectivity index (χ0n) is 24.1. The van der Waals surface area contributed by atoms with Crippen LogP contribution in [-0.4, -0.2) is 12.6 Å². The normalized spacial score (nSPS) is 17.2. The maximum Gasteiger partial charge on any atom is 0.416 e. The molecule has 0 aromatic heterocycles. The highest BCUT2D eigenvalue weighted by Gasteiger charge is 2.42. The van der Waals surface area contributed by atoms with Gasteiger partial charge in [-0.25, -0.2) is 13.6 Å². The van der Waals surface area contributed by atoms with Crippen LogP contribution < -0.4 is 10.2 Å². The van der Waals surface area contributed by atoms with E-state index in [1.807, 2.05) is 0 Å². The maximum absolute atomic E-state index is 14.1. The zero-order chi connectivity index (χ0) is 33.2. The average Bonchev–Trinajstić information content (AvgIpc) is 3.01. The van der Waals surface area contributed by atoms with Gasteiger partial charge in [0.1, 0.15) is 11.6 Å². The molecule has 4 aromatic carbocycles. The van der Waals surface area contributed by atoms with Gasteiger partial charge in [0.05, 0.1) is 35.4 Å². The number of rotatable bonds is 7. The lowest BCUT2D eigenvalue weighted by molar-refractivity contribution is -0.139. The molecule has 5 rings (SSSR count). The van der Waals surface area contributed by atoms with Crippen LogP contribution >= 0.6 is 0 Å². The number of carbonyl (C=O) groups excluding carboxylic acids is 1. The molecular formula is C34H26F8N2O2. The molecule has 0 spiro atoms. The van der Waals surface area contributed by atoms with Gasteiger partial charge in [-0.2, -0.15) is 26.3 Å². The van der Waals surface area contributed by atoms with Gasteiger partial charge in [0.15, 0.2) is 0 Å². The van der Waals surface area contributed by atoms with E-state index < -0.39 is 53.2 Å². The number of halogens is 8. The molecule has 1 N–H and O–H groups in total. The van der Waals surface area contributed by atoms with E-state index in [2.05, 4.69) is 5.32 Å². The van der Waals surface area contributed by atoms with E-state index in [-0.39, 0.29) is 29.9 Å². The highest BCUT2D eigenvalue weighted by Crippen LogP contribution is 2.49. The van der Waals surface area contributed by atoms with Crippen molar-refractivity contribution in [3.8, 4) is 0 Å². The Morgan fingerprint density at radius 1 is 0.739 bits per heavy atom. The summed E-state index contributed by atoms with van der Waals surface area (Å²) in [5, 5.41) is 3.11. The standard InChI is InChI=1S/C34H26F8N2O2/c1-2-46-32(45)30-28(43-26-15-11-24(35)12-16-26)19-29(20-3-7-22(8-4-20)33(37,38)39)44(27-17-13-25(36)14-18-27)31(30)21-5-9-23(10-6-21)34(40,41)42/h3-18,29,31,43H,2,19H2,1H3. The Kier molecular flexibility index (Phi) is 9.09. The molecule has 0 radical (unpaired) electrons. The summed E-state index contributed by atoms with van der Waals surface area (Å²) in [7, 11) is 0. The first-order chi connectivity index (χ1) is 21.8. The fourth-order valence-corrected chi connectivity index (χ4v) is 5.45. The highest BCUT2D eigenvalue weighted by molar-refractivity contribution is 5.93. The van der Waals surface area contributed by atoms with Gasteiger partial charge < -0.3 is 15.0 Å². The van der Waals surface area contributed by atoms with Crippen molar-refractivity contribution in [1.29, 1.82) is 0 Å². The Balaban J connectivity index is 1.78. The van der Waals surface area contributed by atoms with Crippen LogP contribution in [0.2, 0.25) is 0 Å². The molecule has 4 nitrogen and oxygen atoms in total. The Morgan fingerprint density at radius 2 is 1.22 bits per heavy atom. The van der Waals surface area contributed by atoms with Gasteiger partial charge in [-0.05, 0) is 90.8 Å². The summed E-state index contributed by atoms with van der Waals surface area (Å²) in [5.41, 5.74) is -0.301. The lowest BCUT2D eigenvalue weighted by Crippen LogP contribution is -2.41. The number of nitrogens with zero attached hydrogens (tertiary/aromatic N) is 1. The number of hydrogen-bond acceptors (Lipinski definition) is 4. The van der Waals surface area contributed by atoms with Crippen LogP contribution in [0, 0.1) is 11.6 Å². The molecule has 0 aliphatic carbocycles. The van der Waals surface area contributed by atoms with Crippen molar-refractivity contribution in [2.45, 2.75) is 37.8 Å². The lowest BCUT2D eigenvalue weighted by Gasteiger charge is -2.46. The average molecular weight is 647 g/mol. The van der Waals surface area contributed by atoms with E-state index in [0.29, 0.717) is 16.9 Å². The molecule has 12 heteroatoms. The number of anilines is 2. The molecule has 1 aliphatic heterocycles. The van der Waals surface area contributed by atoms with Crippen LogP contribution in [0.5, 0.6) is 0 Å². The number of esters is 1. The summed E-state index contributed by atoms with van der Waals surface area (Å²) in [6.45, 7) is 1.52. The molecule has 0 saturated carbocycles. The van der Waals surface area contributed by atoms with E-state index >= 15 is 0 Å². The van der Waals surface area contributed by atoms with Crippen LogP contribution in [-0.2, 0) is 21.9 Å². The van der Waals surface area contributed by atoms with E-state index in [1.54, 1.807) is 11.8 Å². The van der Waals surface area contributed by atoms with Crippen LogP contribution in [0.25, 0.3) is 0 Å². The molecule has 4 aromatic rings. The second-order valence-electron chi connectivity index (χ2n) is 10.5. The summed E-state index contributed by atoms with van der Waals surface area (Å²) in [4.78, 5) is 15.4. The Labute approximate surface area is 258 Å². The second-order valence-corrected chi connectivity index (χ2v) is 10.5. The van der Waals surface area contributed by atoms with Crippen molar-refractivity contribution in [1.82, 2.24) is 0 Å². The topological polar surface area (TPSA) is 41.6 Å². The first-order valence-electron chi connectivity index (χ1n) is 14.1. The number of alkyl halides is 6. The minimum Gasteiger partial charge on any atom is -0.463 e. The van der Waals surface area contributed by atoms with Crippen molar-refractivity contribution in [3.05, 3.63) is 142 Å². The van der Waals surface area contributed by atoms with Crippen molar-refractivity contribution in [3.63, 3.8) is 0 Å². The van der Waals surface area contributed by atoms with Gasteiger partial charge in [-0.1, -0.05) is 24.3 Å². The number of ether oxygens (including phenoxy) is 1. The predicted octanol–water partition coefficient (Wildman–Crippen LogP) is 9.62. The van der Waals surface area contributed by atoms with Crippen molar-refractivity contribution < 1.29 is 44.7 Å². The molecule has 0 amide bonds. The van der Waals surface area contributed by atoms with Gasteiger partial charge >= 0.3 is 18.3 Å². The third-order valence-corrected chi connectivity index (χ3v) is 7.55. The summed E-state index contributed by atoms with van der Waals surface area (Å²) < 4.78 is 114. The van der Waals surface area contributed by atoms with Gasteiger partial charge in [-0.3, -0.25) is 0 Å². The molecule has 0 saturated heterocycles. The van der Waals surface area contributed by atoms with Crippen LogP contribution in [0.1, 0.15) is 47.7 Å². The second kappa shape index (κ2) is 12.9. The van der Waals surface area contributed by atoms with Gasteiger partial charge in [-0.15, -0.1) is 0 Å². The maximum atomic E-state index is 14.1.